The van der Waals surface area contributed by atoms with Gasteiger partial charge in [0.2, 0.25) is 0 Å². The molecule has 2 heterocycles. The van der Waals surface area contributed by atoms with Crippen LogP contribution < -0.4 is 20.3 Å². The Hall–Kier alpha value is -2.51. The number of guanidine groups is 1. The third-order valence-corrected chi connectivity index (χ3v) is 5.02. The molecular formula is C22H30ClN5O2. The third kappa shape index (κ3) is 6.78. The number of hydrogen-bond donors (Lipinski definition) is 2. The third-order valence-electron chi connectivity index (χ3n) is 4.77. The smallest absolute Gasteiger partial charge is 0.191 e. The number of nitrogens with one attached hydrogen (secondary N) is 2. The molecule has 1 aliphatic heterocycles. The molecule has 1 aliphatic rings. The van der Waals surface area contributed by atoms with Crippen LogP contribution in [0.5, 0.6) is 5.75 Å². The Kier molecular flexibility index (Phi) is 8.16. The van der Waals surface area contributed by atoms with Crippen molar-refractivity contribution in [2.24, 2.45) is 4.99 Å². The largest absolute Gasteiger partial charge is 0.489 e. The first-order valence-electron chi connectivity index (χ1n) is 10.2. The average molecular weight is 432 g/mol. The molecule has 3 rings (SSSR count). The molecule has 1 aromatic carbocycles. The summed E-state index contributed by atoms with van der Waals surface area (Å²) >= 11 is 5.91. The van der Waals surface area contributed by atoms with E-state index in [2.05, 4.69) is 44.6 Å². The highest BCUT2D eigenvalue weighted by Crippen LogP contribution is 2.17. The molecule has 162 valence electrons. The fraction of sp³-hybridized carbons (Fsp3) is 0.455. The van der Waals surface area contributed by atoms with Crippen LogP contribution in [0, 0.1) is 0 Å². The highest BCUT2D eigenvalue weighted by Gasteiger charge is 2.17. The van der Waals surface area contributed by atoms with Gasteiger partial charge in [-0.05, 0) is 49.7 Å². The van der Waals surface area contributed by atoms with Crippen LogP contribution in [0.4, 0.5) is 5.82 Å². The molecule has 1 saturated heterocycles. The van der Waals surface area contributed by atoms with Crippen LogP contribution in [0.15, 0.2) is 47.6 Å². The summed E-state index contributed by atoms with van der Waals surface area (Å²) in [4.78, 5) is 11.1. The predicted molar refractivity (Wildman–Crippen MR) is 122 cm³/mol. The number of ether oxygens (including phenoxy) is 2. The zero-order chi connectivity index (χ0) is 21.3. The Bertz CT molecular complexity index is 813. The first-order valence-corrected chi connectivity index (χ1v) is 10.6. The maximum absolute atomic E-state index is 5.91. The number of anilines is 1. The summed E-state index contributed by atoms with van der Waals surface area (Å²) in [6.45, 7) is 7.84. The highest BCUT2D eigenvalue weighted by molar-refractivity contribution is 6.30. The summed E-state index contributed by atoms with van der Waals surface area (Å²) in [6, 6.07) is 11.5. The van der Waals surface area contributed by atoms with Gasteiger partial charge in [-0.1, -0.05) is 17.7 Å². The van der Waals surface area contributed by atoms with Crippen LogP contribution in [-0.4, -0.2) is 56.4 Å². The standard InChI is InChI=1S/C22H30ClN5O2/c1-16(30-20-7-5-19(23)6-8-20)12-26-22(24-3)27-14-18-4-9-21(25-13-18)28-10-11-29-17(2)15-28/h4-9,13,16-17H,10-12,14-15H2,1-3H3,(H2,24,26,27). The second-order valence-electron chi connectivity index (χ2n) is 7.34. The summed E-state index contributed by atoms with van der Waals surface area (Å²) < 4.78 is 11.5. The highest BCUT2D eigenvalue weighted by atomic mass is 35.5. The minimum absolute atomic E-state index is 0.0263. The molecule has 0 spiro atoms. The van der Waals surface area contributed by atoms with Gasteiger partial charge in [0.1, 0.15) is 17.7 Å². The topological polar surface area (TPSA) is 71.0 Å². The number of aliphatic imine (C=N–C) groups is 1. The number of pyridine rings is 1. The Morgan fingerprint density at radius 3 is 2.77 bits per heavy atom. The van der Waals surface area contributed by atoms with Crippen molar-refractivity contribution < 1.29 is 9.47 Å². The molecule has 0 radical (unpaired) electrons. The first-order chi connectivity index (χ1) is 14.5. The fourth-order valence-electron chi connectivity index (χ4n) is 3.17. The molecule has 2 unspecified atom stereocenters. The Morgan fingerprint density at radius 2 is 2.10 bits per heavy atom. The van der Waals surface area contributed by atoms with E-state index in [9.17, 15) is 0 Å². The quantitative estimate of drug-likeness (QED) is 0.518. The van der Waals surface area contributed by atoms with Gasteiger partial charge in [0.15, 0.2) is 5.96 Å². The van der Waals surface area contributed by atoms with Crippen molar-refractivity contribution in [3.63, 3.8) is 0 Å². The van der Waals surface area contributed by atoms with Gasteiger partial charge in [-0.15, -0.1) is 0 Å². The summed E-state index contributed by atoms with van der Waals surface area (Å²) in [5.74, 6) is 2.50. The van der Waals surface area contributed by atoms with Crippen molar-refractivity contribution >= 4 is 23.4 Å². The van der Waals surface area contributed by atoms with Crippen molar-refractivity contribution in [2.75, 3.05) is 38.2 Å². The molecule has 1 aromatic heterocycles. The minimum atomic E-state index is -0.0263. The van der Waals surface area contributed by atoms with E-state index in [0.717, 1.165) is 36.8 Å². The Balaban J connectivity index is 1.43. The van der Waals surface area contributed by atoms with Crippen molar-refractivity contribution in [3.8, 4) is 5.75 Å². The van der Waals surface area contributed by atoms with Gasteiger partial charge < -0.3 is 25.0 Å². The lowest BCUT2D eigenvalue weighted by atomic mass is 10.2. The number of benzene rings is 1. The molecule has 0 aliphatic carbocycles. The van der Waals surface area contributed by atoms with E-state index in [1.165, 1.54) is 0 Å². The van der Waals surface area contributed by atoms with E-state index < -0.39 is 0 Å². The Labute approximate surface area is 183 Å². The lowest BCUT2D eigenvalue weighted by molar-refractivity contribution is 0.0529. The molecule has 0 bridgehead atoms. The second kappa shape index (κ2) is 11.0. The van der Waals surface area contributed by atoms with Crippen molar-refractivity contribution in [1.29, 1.82) is 0 Å². The van der Waals surface area contributed by atoms with Crippen LogP contribution in [0.3, 0.4) is 0 Å². The number of halogens is 1. The van der Waals surface area contributed by atoms with Crippen molar-refractivity contribution in [3.05, 3.63) is 53.2 Å². The zero-order valence-corrected chi connectivity index (χ0v) is 18.5. The molecule has 7 nitrogen and oxygen atoms in total. The van der Waals surface area contributed by atoms with E-state index in [0.29, 0.717) is 24.1 Å². The number of rotatable bonds is 7. The van der Waals surface area contributed by atoms with Gasteiger partial charge in [-0.3, -0.25) is 4.99 Å². The number of morpholine rings is 1. The van der Waals surface area contributed by atoms with Gasteiger partial charge in [0.05, 0.1) is 19.3 Å². The molecule has 2 atom stereocenters. The van der Waals surface area contributed by atoms with E-state index in [-0.39, 0.29) is 12.2 Å². The van der Waals surface area contributed by atoms with Crippen molar-refractivity contribution in [2.45, 2.75) is 32.6 Å². The molecule has 30 heavy (non-hydrogen) atoms. The number of nitrogens with zero attached hydrogens (tertiary/aromatic N) is 3. The van der Waals surface area contributed by atoms with Gasteiger partial charge in [-0.2, -0.15) is 0 Å². The summed E-state index contributed by atoms with van der Waals surface area (Å²) in [6.07, 6.45) is 2.12. The van der Waals surface area contributed by atoms with Gasteiger partial charge in [0.25, 0.3) is 0 Å². The van der Waals surface area contributed by atoms with Gasteiger partial charge >= 0.3 is 0 Å². The normalized spacial score (nSPS) is 18.1. The summed E-state index contributed by atoms with van der Waals surface area (Å²) in [5, 5.41) is 7.29. The predicted octanol–water partition coefficient (Wildman–Crippen LogP) is 3.09. The van der Waals surface area contributed by atoms with Crippen LogP contribution in [0.25, 0.3) is 0 Å². The van der Waals surface area contributed by atoms with Crippen LogP contribution in [0.2, 0.25) is 5.02 Å². The summed E-state index contributed by atoms with van der Waals surface area (Å²) in [5.41, 5.74) is 1.09. The molecule has 0 amide bonds. The average Bonchev–Trinajstić information content (AvgIpc) is 2.76. The first kappa shape index (κ1) is 22.2. The fourth-order valence-corrected chi connectivity index (χ4v) is 3.29. The number of hydrogen-bond acceptors (Lipinski definition) is 5. The molecule has 0 saturated carbocycles. The summed E-state index contributed by atoms with van der Waals surface area (Å²) in [7, 11) is 1.75. The molecule has 2 N–H and O–H groups in total. The van der Waals surface area contributed by atoms with Gasteiger partial charge in [0, 0.05) is 37.9 Å². The van der Waals surface area contributed by atoms with E-state index >= 15 is 0 Å². The van der Waals surface area contributed by atoms with E-state index in [1.807, 2.05) is 37.4 Å². The SMILES string of the molecule is CN=C(NCc1ccc(N2CCOC(C)C2)nc1)NCC(C)Oc1ccc(Cl)cc1. The van der Waals surface area contributed by atoms with Crippen LogP contribution in [-0.2, 0) is 11.3 Å². The lowest BCUT2D eigenvalue weighted by Gasteiger charge is -2.32. The minimum Gasteiger partial charge on any atom is -0.489 e. The molecular weight excluding hydrogens is 402 g/mol. The molecule has 2 aromatic rings. The number of aromatic nitrogens is 1. The van der Waals surface area contributed by atoms with E-state index in [4.69, 9.17) is 21.1 Å². The maximum atomic E-state index is 5.91. The monoisotopic (exact) mass is 431 g/mol. The lowest BCUT2D eigenvalue weighted by Crippen LogP contribution is -2.42. The maximum Gasteiger partial charge on any atom is 0.191 e. The van der Waals surface area contributed by atoms with E-state index in [1.54, 1.807) is 7.05 Å². The van der Waals surface area contributed by atoms with Gasteiger partial charge in [-0.25, -0.2) is 4.98 Å². The Morgan fingerprint density at radius 1 is 1.30 bits per heavy atom. The van der Waals surface area contributed by atoms with Crippen LogP contribution >= 0.6 is 11.6 Å². The zero-order valence-electron chi connectivity index (χ0n) is 17.8. The van der Waals surface area contributed by atoms with Crippen LogP contribution in [0.1, 0.15) is 19.4 Å². The second-order valence-corrected chi connectivity index (χ2v) is 7.78. The molecule has 8 heteroatoms. The van der Waals surface area contributed by atoms with Crippen molar-refractivity contribution in [1.82, 2.24) is 15.6 Å². The molecule has 1 fully saturated rings.